The molecule has 4 aromatic rings. The number of aromatic nitrogens is 4. The van der Waals surface area contributed by atoms with E-state index in [4.69, 9.17) is 10.5 Å². The molecule has 4 N–H and O–H groups in total. The summed E-state index contributed by atoms with van der Waals surface area (Å²) in [7, 11) is 0. The summed E-state index contributed by atoms with van der Waals surface area (Å²) >= 11 is 0. The van der Waals surface area contributed by atoms with Gasteiger partial charge in [-0.1, -0.05) is 30.3 Å². The van der Waals surface area contributed by atoms with Crippen molar-refractivity contribution < 1.29 is 18.7 Å². The van der Waals surface area contributed by atoms with Gasteiger partial charge in [0.2, 0.25) is 6.10 Å². The summed E-state index contributed by atoms with van der Waals surface area (Å²) in [6, 6.07) is 14.2. The second-order valence-electron chi connectivity index (χ2n) is 14.7. The molecule has 0 unspecified atom stereocenters. The van der Waals surface area contributed by atoms with Gasteiger partial charge in [-0.2, -0.15) is 5.10 Å². The van der Waals surface area contributed by atoms with E-state index in [2.05, 4.69) is 40.4 Å². The minimum atomic E-state index is -1.33. The van der Waals surface area contributed by atoms with E-state index in [-0.39, 0.29) is 30.0 Å². The standard InChI is InChI=1S/C40H51FN10O3.ClH/c41-32-7-9-33(10-8-32)46-39(52)37(30-5-2-1-3-6-30)54-40(53)36-38(42)44-26-35(47-36)31-25-45-51(28-31)34-13-19-48(20-14-34)17-4-18-49-21-23-50(24-22-49)27-29-11-15-43-16-12-29;/h1-3,5-10,25-26,28-29,34,37,43H,4,11-24,27H2,(H2,42,44)(H,46,52);1H/t37-;/m1./s1. The second-order valence-corrected chi connectivity index (χ2v) is 14.7. The maximum Gasteiger partial charge on any atom is 0.361 e. The summed E-state index contributed by atoms with van der Waals surface area (Å²) in [5.41, 5.74) is 7.81. The summed E-state index contributed by atoms with van der Waals surface area (Å²) < 4.78 is 21.1. The highest BCUT2D eigenvalue weighted by Gasteiger charge is 2.29. The third-order valence-electron chi connectivity index (χ3n) is 10.9. The molecule has 15 heteroatoms. The average molecular weight is 775 g/mol. The van der Waals surface area contributed by atoms with Crippen molar-refractivity contribution in [3.8, 4) is 11.3 Å². The molecule has 3 fully saturated rings. The van der Waals surface area contributed by atoms with E-state index in [1.807, 2.05) is 10.9 Å². The molecule has 1 atom stereocenters. The van der Waals surface area contributed by atoms with Crippen LogP contribution in [0.5, 0.6) is 0 Å². The normalized spacial score (nSPS) is 18.3. The van der Waals surface area contributed by atoms with Gasteiger partial charge in [0.25, 0.3) is 5.91 Å². The van der Waals surface area contributed by atoms with Crippen LogP contribution in [0.15, 0.2) is 73.2 Å². The molecule has 1 amide bonds. The number of nitrogen functional groups attached to an aromatic ring is 1. The minimum absolute atomic E-state index is 0. The van der Waals surface area contributed by atoms with Crippen LogP contribution in [0.25, 0.3) is 11.3 Å². The van der Waals surface area contributed by atoms with Crippen LogP contribution in [0.4, 0.5) is 15.9 Å². The Bertz CT molecular complexity index is 1830. The number of nitrogens with zero attached hydrogens (tertiary/aromatic N) is 7. The number of piperazine rings is 1. The number of halogens is 2. The van der Waals surface area contributed by atoms with Crippen LogP contribution in [-0.4, -0.2) is 118 Å². The maximum absolute atomic E-state index is 13.5. The van der Waals surface area contributed by atoms with Gasteiger partial charge in [0.15, 0.2) is 11.5 Å². The van der Waals surface area contributed by atoms with E-state index in [1.165, 1.54) is 95.5 Å². The molecule has 2 aromatic carbocycles. The molecule has 0 saturated carbocycles. The van der Waals surface area contributed by atoms with Crippen molar-refractivity contribution in [3.05, 3.63) is 90.3 Å². The number of nitrogens with two attached hydrogens (primary N) is 1. The van der Waals surface area contributed by atoms with Gasteiger partial charge in [0.1, 0.15) is 5.82 Å². The predicted octanol–water partition coefficient (Wildman–Crippen LogP) is 4.66. The number of carbonyl (C=O) groups is 2. The maximum atomic E-state index is 13.5. The third-order valence-corrected chi connectivity index (χ3v) is 10.9. The number of carbonyl (C=O) groups excluding carboxylic acids is 2. The lowest BCUT2D eigenvalue weighted by Gasteiger charge is -2.38. The first-order valence-corrected chi connectivity index (χ1v) is 19.2. The molecule has 0 bridgehead atoms. The summed E-state index contributed by atoms with van der Waals surface area (Å²) in [5.74, 6) is -1.22. The monoisotopic (exact) mass is 774 g/mol. The van der Waals surface area contributed by atoms with E-state index in [0.717, 1.165) is 44.9 Å². The number of hydrogen-bond acceptors (Lipinski definition) is 11. The van der Waals surface area contributed by atoms with Gasteiger partial charge >= 0.3 is 5.97 Å². The number of likely N-dealkylation sites (tertiary alicyclic amines) is 1. The lowest BCUT2D eigenvalue weighted by molar-refractivity contribution is -0.125. The topological polar surface area (TPSA) is 147 Å². The van der Waals surface area contributed by atoms with Crippen molar-refractivity contribution in [1.29, 1.82) is 0 Å². The zero-order valence-electron chi connectivity index (χ0n) is 31.2. The lowest BCUT2D eigenvalue weighted by atomic mass is 9.97. The first-order chi connectivity index (χ1) is 26.4. The fourth-order valence-electron chi connectivity index (χ4n) is 7.71. The van der Waals surface area contributed by atoms with Crippen LogP contribution >= 0.6 is 12.4 Å². The number of rotatable bonds is 13. The Morgan fingerprint density at radius 2 is 1.56 bits per heavy atom. The number of piperidine rings is 2. The summed E-state index contributed by atoms with van der Waals surface area (Å²) in [6.45, 7) is 12.7. The predicted molar refractivity (Wildman–Crippen MR) is 212 cm³/mol. The number of benzene rings is 2. The van der Waals surface area contributed by atoms with E-state index < -0.39 is 23.8 Å². The molecule has 3 aliphatic rings. The Kier molecular flexibility index (Phi) is 14.2. The van der Waals surface area contributed by atoms with Crippen LogP contribution < -0.4 is 16.4 Å². The van der Waals surface area contributed by atoms with Crippen LogP contribution in [-0.2, 0) is 9.53 Å². The van der Waals surface area contributed by atoms with E-state index >= 15 is 0 Å². The van der Waals surface area contributed by atoms with E-state index in [0.29, 0.717) is 22.5 Å². The van der Waals surface area contributed by atoms with Gasteiger partial charge in [-0.3, -0.25) is 9.48 Å². The Morgan fingerprint density at radius 3 is 2.27 bits per heavy atom. The molecule has 294 valence electrons. The second kappa shape index (κ2) is 19.4. The van der Waals surface area contributed by atoms with E-state index in [9.17, 15) is 14.0 Å². The highest BCUT2D eigenvalue weighted by atomic mass is 35.5. The van der Waals surface area contributed by atoms with Gasteiger partial charge in [-0.05, 0) is 88.5 Å². The molecule has 3 aliphatic heterocycles. The molecule has 3 saturated heterocycles. The molecule has 2 aromatic heterocycles. The molecule has 5 heterocycles. The third kappa shape index (κ3) is 10.9. The van der Waals surface area contributed by atoms with Crippen LogP contribution in [0.1, 0.15) is 60.3 Å². The van der Waals surface area contributed by atoms with Crippen molar-refractivity contribution in [2.24, 2.45) is 5.92 Å². The highest BCUT2D eigenvalue weighted by molar-refractivity contribution is 5.99. The molecular formula is C40H52ClFN10O3. The number of ether oxygens (including phenoxy) is 1. The van der Waals surface area contributed by atoms with Crippen molar-refractivity contribution >= 4 is 35.8 Å². The summed E-state index contributed by atoms with van der Waals surface area (Å²) in [4.78, 5) is 43.4. The summed E-state index contributed by atoms with van der Waals surface area (Å²) in [5, 5.41) is 10.8. The molecular weight excluding hydrogens is 723 g/mol. The molecule has 0 radical (unpaired) electrons. The fourth-order valence-corrected chi connectivity index (χ4v) is 7.71. The highest BCUT2D eigenvalue weighted by Crippen LogP contribution is 2.27. The molecule has 0 aliphatic carbocycles. The zero-order chi connectivity index (χ0) is 37.3. The number of amides is 1. The SMILES string of the molecule is Cl.Nc1ncc(-c2cnn(C3CCN(CCCN4CCN(CC5CCNCC5)CC4)CC3)c2)nc1C(=O)O[C@@H](C(=O)Nc1ccc(F)cc1)c1ccccc1. The lowest BCUT2D eigenvalue weighted by Crippen LogP contribution is -2.49. The zero-order valence-corrected chi connectivity index (χ0v) is 32.0. The minimum Gasteiger partial charge on any atom is -0.442 e. The number of hydrogen-bond donors (Lipinski definition) is 3. The van der Waals surface area contributed by atoms with Crippen molar-refractivity contribution in [3.63, 3.8) is 0 Å². The molecule has 13 nitrogen and oxygen atoms in total. The number of anilines is 2. The van der Waals surface area contributed by atoms with Crippen LogP contribution in [0.2, 0.25) is 0 Å². The van der Waals surface area contributed by atoms with Gasteiger partial charge in [0, 0.05) is 68.8 Å². The Morgan fingerprint density at radius 1 is 0.891 bits per heavy atom. The molecule has 55 heavy (non-hydrogen) atoms. The largest absolute Gasteiger partial charge is 0.442 e. The summed E-state index contributed by atoms with van der Waals surface area (Å²) in [6.07, 6.45) is 9.66. The van der Waals surface area contributed by atoms with Gasteiger partial charge < -0.3 is 35.8 Å². The van der Waals surface area contributed by atoms with Crippen molar-refractivity contribution in [2.45, 2.75) is 44.2 Å². The van der Waals surface area contributed by atoms with Gasteiger partial charge in [-0.15, -0.1) is 12.4 Å². The fraction of sp³-hybridized carbons (Fsp3) is 0.475. The Balaban J connectivity index is 0.00000514. The quantitative estimate of drug-likeness (QED) is 0.163. The molecule has 7 rings (SSSR count). The Hall–Kier alpha value is -4.47. The average Bonchev–Trinajstić information content (AvgIpc) is 3.70. The first-order valence-electron chi connectivity index (χ1n) is 19.2. The molecule has 0 spiro atoms. The Labute approximate surface area is 328 Å². The van der Waals surface area contributed by atoms with Gasteiger partial charge in [0.05, 0.1) is 24.1 Å². The van der Waals surface area contributed by atoms with Crippen molar-refractivity contribution in [1.82, 2.24) is 39.8 Å². The number of nitrogens with one attached hydrogen (secondary N) is 2. The van der Waals surface area contributed by atoms with Crippen LogP contribution in [0, 0.1) is 11.7 Å². The first kappa shape index (κ1) is 40.2. The van der Waals surface area contributed by atoms with E-state index in [1.54, 1.807) is 36.5 Å². The smallest absolute Gasteiger partial charge is 0.361 e. The number of esters is 1. The van der Waals surface area contributed by atoms with Crippen molar-refractivity contribution in [2.75, 3.05) is 83.0 Å². The van der Waals surface area contributed by atoms with Gasteiger partial charge in [-0.25, -0.2) is 19.2 Å². The van der Waals surface area contributed by atoms with Crippen LogP contribution in [0.3, 0.4) is 0 Å².